The number of halogens is 3. The highest BCUT2D eigenvalue weighted by molar-refractivity contribution is 8.23. The second-order valence-corrected chi connectivity index (χ2v) is 4.13. The first kappa shape index (κ1) is 14.5. The Morgan fingerprint density at radius 1 is 1.60 bits per heavy atom. The molecule has 1 amide bonds. The zero-order valence-corrected chi connectivity index (χ0v) is 9.68. The lowest BCUT2D eigenvalue weighted by Gasteiger charge is -2.20. The van der Waals surface area contributed by atoms with Gasteiger partial charge >= 0.3 is 6.18 Å². The standard InChI is InChI=1S/C7H10F3NO2S2/c1-3-13-6(14)15-5(7(8,9)10)11-4(2)12/h5H,3H2,1-2H3,(H,11,12). The molecule has 0 aliphatic heterocycles. The van der Waals surface area contributed by atoms with Crippen LogP contribution in [0.15, 0.2) is 0 Å². The summed E-state index contributed by atoms with van der Waals surface area (Å²) in [5.41, 5.74) is 0. The quantitative estimate of drug-likeness (QED) is 0.623. The minimum atomic E-state index is -4.56. The summed E-state index contributed by atoms with van der Waals surface area (Å²) < 4.78 is 41.4. The molecule has 0 saturated carbocycles. The van der Waals surface area contributed by atoms with E-state index in [1.807, 2.05) is 0 Å². The summed E-state index contributed by atoms with van der Waals surface area (Å²) in [7, 11) is 0. The van der Waals surface area contributed by atoms with E-state index in [2.05, 4.69) is 12.2 Å². The average molecular weight is 261 g/mol. The monoisotopic (exact) mass is 261 g/mol. The highest BCUT2D eigenvalue weighted by Crippen LogP contribution is 2.29. The van der Waals surface area contributed by atoms with Crippen LogP contribution in [0, 0.1) is 0 Å². The van der Waals surface area contributed by atoms with Crippen LogP contribution in [-0.2, 0) is 9.53 Å². The number of amides is 1. The number of rotatable bonds is 3. The van der Waals surface area contributed by atoms with Crippen LogP contribution >= 0.6 is 24.0 Å². The van der Waals surface area contributed by atoms with E-state index < -0.39 is 17.5 Å². The van der Waals surface area contributed by atoms with Crippen LogP contribution in [0.25, 0.3) is 0 Å². The lowest BCUT2D eigenvalue weighted by molar-refractivity contribution is -0.143. The fraction of sp³-hybridized carbons (Fsp3) is 0.714. The van der Waals surface area contributed by atoms with Crippen molar-refractivity contribution in [2.75, 3.05) is 6.61 Å². The molecule has 0 aromatic rings. The van der Waals surface area contributed by atoms with Gasteiger partial charge in [0.25, 0.3) is 0 Å². The third-order valence-electron chi connectivity index (χ3n) is 1.11. The molecular formula is C7H10F3NO2S2. The van der Waals surface area contributed by atoms with E-state index in [1.165, 1.54) is 0 Å². The van der Waals surface area contributed by atoms with Crippen LogP contribution in [0.3, 0.4) is 0 Å². The topological polar surface area (TPSA) is 38.3 Å². The maximum Gasteiger partial charge on any atom is 0.418 e. The fourth-order valence-corrected chi connectivity index (χ4v) is 1.75. The average Bonchev–Trinajstić information content (AvgIpc) is 2.00. The number of hydrogen-bond acceptors (Lipinski definition) is 4. The molecule has 0 aromatic heterocycles. The summed E-state index contributed by atoms with van der Waals surface area (Å²) in [6.07, 6.45) is -4.56. The lowest BCUT2D eigenvalue weighted by atomic mass is 10.6. The van der Waals surface area contributed by atoms with E-state index in [0.29, 0.717) is 0 Å². The molecule has 15 heavy (non-hydrogen) atoms. The molecule has 0 aliphatic carbocycles. The molecule has 1 unspecified atom stereocenters. The number of carbonyl (C=O) groups is 1. The SMILES string of the molecule is CCOC(=S)SC(NC(C)=O)C(F)(F)F. The zero-order valence-electron chi connectivity index (χ0n) is 8.05. The molecule has 1 N–H and O–H groups in total. The van der Waals surface area contributed by atoms with Gasteiger partial charge in [0.1, 0.15) is 0 Å². The molecule has 8 heteroatoms. The van der Waals surface area contributed by atoms with Gasteiger partial charge in [0, 0.05) is 6.92 Å². The Hall–Kier alpha value is -0.500. The minimum absolute atomic E-state index is 0.191. The van der Waals surface area contributed by atoms with Crippen molar-refractivity contribution in [3.63, 3.8) is 0 Å². The van der Waals surface area contributed by atoms with Crippen molar-refractivity contribution in [1.29, 1.82) is 0 Å². The van der Waals surface area contributed by atoms with Crippen LogP contribution in [0.5, 0.6) is 0 Å². The van der Waals surface area contributed by atoms with Gasteiger partial charge in [-0.05, 0) is 30.9 Å². The number of ether oxygens (including phenoxy) is 1. The maximum absolute atomic E-state index is 12.3. The van der Waals surface area contributed by atoms with Crippen molar-refractivity contribution in [3.8, 4) is 0 Å². The van der Waals surface area contributed by atoms with Gasteiger partial charge in [0.2, 0.25) is 10.3 Å². The predicted molar refractivity (Wildman–Crippen MR) is 55.5 cm³/mol. The lowest BCUT2D eigenvalue weighted by Crippen LogP contribution is -2.42. The van der Waals surface area contributed by atoms with Crippen LogP contribution in [0.1, 0.15) is 13.8 Å². The van der Waals surface area contributed by atoms with Gasteiger partial charge in [-0.25, -0.2) is 0 Å². The number of nitrogens with one attached hydrogen (secondary N) is 1. The summed E-state index contributed by atoms with van der Waals surface area (Å²) in [6, 6.07) is 0. The van der Waals surface area contributed by atoms with Crippen molar-refractivity contribution in [3.05, 3.63) is 0 Å². The molecule has 0 radical (unpaired) electrons. The largest absolute Gasteiger partial charge is 0.479 e. The summed E-state index contributed by atoms with van der Waals surface area (Å²) >= 11 is 4.80. The van der Waals surface area contributed by atoms with Crippen molar-refractivity contribution in [1.82, 2.24) is 5.32 Å². The Kier molecular flexibility index (Phi) is 5.96. The molecule has 0 bridgehead atoms. The number of hydrogen-bond donors (Lipinski definition) is 1. The predicted octanol–water partition coefficient (Wildman–Crippen LogP) is 2.07. The molecule has 0 aliphatic rings. The summed E-state index contributed by atoms with van der Waals surface area (Å²) in [5, 5.41) is -0.320. The first-order chi connectivity index (χ1) is 6.77. The summed E-state index contributed by atoms with van der Waals surface area (Å²) in [4.78, 5) is 10.5. The van der Waals surface area contributed by atoms with Crippen LogP contribution in [0.4, 0.5) is 13.2 Å². The van der Waals surface area contributed by atoms with Gasteiger partial charge in [-0.2, -0.15) is 13.2 Å². The van der Waals surface area contributed by atoms with Crippen LogP contribution in [0.2, 0.25) is 0 Å². The first-order valence-corrected chi connectivity index (χ1v) is 5.23. The van der Waals surface area contributed by atoms with Crippen molar-refractivity contribution in [2.45, 2.75) is 25.4 Å². The Morgan fingerprint density at radius 2 is 2.13 bits per heavy atom. The minimum Gasteiger partial charge on any atom is -0.479 e. The Labute approximate surface area is 94.7 Å². The smallest absolute Gasteiger partial charge is 0.418 e. The molecule has 0 saturated heterocycles. The molecular weight excluding hydrogens is 251 g/mol. The number of thioether (sulfide) groups is 1. The zero-order chi connectivity index (χ0) is 12.1. The number of thiocarbonyl (C=S) groups is 1. The van der Waals surface area contributed by atoms with E-state index in [9.17, 15) is 18.0 Å². The molecule has 0 heterocycles. The molecule has 3 nitrogen and oxygen atoms in total. The van der Waals surface area contributed by atoms with Crippen LogP contribution in [-0.4, -0.2) is 28.4 Å². The number of carbonyl (C=O) groups excluding carboxylic acids is 1. The second kappa shape index (κ2) is 6.16. The Bertz CT molecular complexity index is 245. The van der Waals surface area contributed by atoms with Gasteiger partial charge in [-0.3, -0.25) is 4.79 Å². The van der Waals surface area contributed by atoms with Crippen LogP contribution < -0.4 is 5.32 Å². The highest BCUT2D eigenvalue weighted by Gasteiger charge is 2.42. The first-order valence-electron chi connectivity index (χ1n) is 3.94. The van der Waals surface area contributed by atoms with E-state index in [1.54, 1.807) is 12.2 Å². The van der Waals surface area contributed by atoms with E-state index >= 15 is 0 Å². The van der Waals surface area contributed by atoms with Crippen molar-refractivity contribution >= 4 is 34.3 Å². The number of alkyl halides is 3. The van der Waals surface area contributed by atoms with Gasteiger partial charge in [-0.1, -0.05) is 0 Å². The molecule has 0 rings (SSSR count). The van der Waals surface area contributed by atoms with E-state index in [4.69, 9.17) is 4.74 Å². The molecule has 0 spiro atoms. The second-order valence-electron chi connectivity index (χ2n) is 2.42. The normalized spacial score (nSPS) is 13.1. The van der Waals surface area contributed by atoms with Gasteiger partial charge in [0.15, 0.2) is 5.37 Å². The fourth-order valence-electron chi connectivity index (χ4n) is 0.611. The van der Waals surface area contributed by atoms with Gasteiger partial charge in [-0.15, -0.1) is 0 Å². The third-order valence-corrected chi connectivity index (χ3v) is 2.45. The van der Waals surface area contributed by atoms with Crippen molar-refractivity contribution in [2.24, 2.45) is 0 Å². The Balaban J connectivity index is 4.38. The van der Waals surface area contributed by atoms with Gasteiger partial charge < -0.3 is 10.1 Å². The molecule has 88 valence electrons. The summed E-state index contributed by atoms with van der Waals surface area (Å²) in [5.74, 6) is -0.774. The van der Waals surface area contributed by atoms with E-state index in [0.717, 1.165) is 6.92 Å². The maximum atomic E-state index is 12.3. The molecule has 0 aromatic carbocycles. The third kappa shape index (κ3) is 6.56. The summed E-state index contributed by atoms with van der Waals surface area (Å²) in [6.45, 7) is 2.80. The van der Waals surface area contributed by atoms with Gasteiger partial charge in [0.05, 0.1) is 6.61 Å². The van der Waals surface area contributed by atoms with E-state index in [-0.39, 0.29) is 22.8 Å². The molecule has 1 atom stereocenters. The highest BCUT2D eigenvalue weighted by atomic mass is 32.2. The van der Waals surface area contributed by atoms with Crippen molar-refractivity contribution < 1.29 is 22.7 Å². The molecule has 0 fully saturated rings. The Morgan fingerprint density at radius 3 is 2.47 bits per heavy atom.